The molecule has 1 aliphatic rings. The maximum atomic E-state index is 10.4. The molecular formula is C9H12N2O2S. The van der Waals surface area contributed by atoms with Crippen LogP contribution in [0.1, 0.15) is 23.8 Å². The van der Waals surface area contributed by atoms with E-state index in [-0.39, 0.29) is 12.6 Å². The number of carbonyl (C=O) groups is 1. The molecular weight excluding hydrogens is 200 g/mol. The topological polar surface area (TPSA) is 62.2 Å². The largest absolute Gasteiger partial charge is 0.480 e. The molecule has 1 aliphatic carbocycles. The minimum absolute atomic E-state index is 0.0269. The summed E-state index contributed by atoms with van der Waals surface area (Å²) in [5.41, 5.74) is 1.78. The van der Waals surface area contributed by atoms with Crippen LogP contribution in [-0.2, 0) is 4.79 Å². The number of rotatable bonds is 5. The number of nitrogens with zero attached hydrogens (tertiary/aromatic N) is 1. The second-order valence-electron chi connectivity index (χ2n) is 3.49. The Morgan fingerprint density at radius 2 is 2.57 bits per heavy atom. The van der Waals surface area contributed by atoms with Crippen LogP contribution in [-0.4, -0.2) is 22.6 Å². The third kappa shape index (κ3) is 2.30. The number of carboxylic acid groups (broad SMARTS) is 1. The van der Waals surface area contributed by atoms with Gasteiger partial charge in [0.25, 0.3) is 0 Å². The Labute approximate surface area is 86.0 Å². The average molecular weight is 212 g/mol. The zero-order chi connectivity index (χ0) is 9.97. The molecule has 0 spiro atoms. The van der Waals surface area contributed by atoms with Gasteiger partial charge in [0.2, 0.25) is 0 Å². The second kappa shape index (κ2) is 4.06. The zero-order valence-corrected chi connectivity index (χ0v) is 8.46. The number of nitrogens with one attached hydrogen (secondary N) is 1. The Hall–Kier alpha value is -0.940. The van der Waals surface area contributed by atoms with Gasteiger partial charge in [0.15, 0.2) is 0 Å². The molecule has 5 heteroatoms. The van der Waals surface area contributed by atoms with E-state index in [1.54, 1.807) is 16.8 Å². The van der Waals surface area contributed by atoms with Gasteiger partial charge in [0, 0.05) is 17.1 Å². The minimum Gasteiger partial charge on any atom is -0.480 e. The Kier molecular flexibility index (Phi) is 2.79. The molecule has 4 nitrogen and oxygen atoms in total. The first-order valence-corrected chi connectivity index (χ1v) is 5.49. The summed E-state index contributed by atoms with van der Waals surface area (Å²) in [6.45, 7) is 0.0269. The fraction of sp³-hybridized carbons (Fsp3) is 0.556. The summed E-state index contributed by atoms with van der Waals surface area (Å²) in [5.74, 6) is -0.199. The molecule has 1 atom stereocenters. The summed E-state index contributed by atoms with van der Waals surface area (Å²) in [6, 6.07) is 0.193. The Morgan fingerprint density at radius 3 is 3.07 bits per heavy atom. The highest BCUT2D eigenvalue weighted by Crippen LogP contribution is 2.41. The fourth-order valence-electron chi connectivity index (χ4n) is 1.51. The van der Waals surface area contributed by atoms with Crippen LogP contribution in [0.4, 0.5) is 0 Å². The molecule has 1 saturated carbocycles. The highest BCUT2D eigenvalue weighted by molar-refractivity contribution is 7.09. The molecule has 1 aromatic heterocycles. The van der Waals surface area contributed by atoms with Crippen molar-refractivity contribution in [3.63, 3.8) is 0 Å². The van der Waals surface area contributed by atoms with Crippen LogP contribution in [0.3, 0.4) is 0 Å². The van der Waals surface area contributed by atoms with Crippen molar-refractivity contribution >= 4 is 17.3 Å². The molecule has 1 unspecified atom stereocenters. The minimum atomic E-state index is -0.805. The highest BCUT2D eigenvalue weighted by atomic mass is 32.1. The van der Waals surface area contributed by atoms with Crippen molar-refractivity contribution < 1.29 is 9.90 Å². The molecule has 2 N–H and O–H groups in total. The highest BCUT2D eigenvalue weighted by Gasteiger charge is 2.33. The van der Waals surface area contributed by atoms with Gasteiger partial charge in [-0.3, -0.25) is 15.1 Å². The van der Waals surface area contributed by atoms with Crippen LogP contribution in [0.15, 0.2) is 11.7 Å². The smallest absolute Gasteiger partial charge is 0.317 e. The number of aromatic nitrogens is 1. The van der Waals surface area contributed by atoms with Crippen LogP contribution >= 0.6 is 11.3 Å². The van der Waals surface area contributed by atoms with Crippen molar-refractivity contribution in [2.24, 2.45) is 5.92 Å². The van der Waals surface area contributed by atoms with E-state index in [1.807, 2.05) is 6.20 Å². The molecule has 2 rings (SSSR count). The van der Waals surface area contributed by atoms with Gasteiger partial charge in [-0.25, -0.2) is 0 Å². The van der Waals surface area contributed by atoms with E-state index < -0.39 is 5.97 Å². The summed E-state index contributed by atoms with van der Waals surface area (Å²) >= 11 is 1.58. The zero-order valence-electron chi connectivity index (χ0n) is 7.64. The summed E-state index contributed by atoms with van der Waals surface area (Å²) in [4.78, 5) is 15.6. The molecule has 0 saturated heterocycles. The maximum absolute atomic E-state index is 10.4. The lowest BCUT2D eigenvalue weighted by Gasteiger charge is -2.14. The van der Waals surface area contributed by atoms with Crippen LogP contribution in [0.25, 0.3) is 0 Å². The molecule has 0 amide bonds. The number of hydrogen-bond acceptors (Lipinski definition) is 4. The van der Waals surface area contributed by atoms with E-state index in [0.717, 1.165) is 4.88 Å². The van der Waals surface area contributed by atoms with E-state index >= 15 is 0 Å². The van der Waals surface area contributed by atoms with E-state index in [2.05, 4.69) is 10.3 Å². The first-order valence-electron chi connectivity index (χ1n) is 4.61. The van der Waals surface area contributed by atoms with Crippen LogP contribution in [0.2, 0.25) is 0 Å². The number of hydrogen-bond donors (Lipinski definition) is 2. The Balaban J connectivity index is 1.97. The molecule has 14 heavy (non-hydrogen) atoms. The first kappa shape index (κ1) is 9.61. The Morgan fingerprint density at radius 1 is 1.79 bits per heavy atom. The van der Waals surface area contributed by atoms with Gasteiger partial charge in [0.05, 0.1) is 12.1 Å². The van der Waals surface area contributed by atoms with Crippen molar-refractivity contribution in [2.75, 3.05) is 6.54 Å². The molecule has 1 fully saturated rings. The second-order valence-corrected chi connectivity index (χ2v) is 4.41. The molecule has 0 bridgehead atoms. The van der Waals surface area contributed by atoms with E-state index in [4.69, 9.17) is 5.11 Å². The van der Waals surface area contributed by atoms with Crippen molar-refractivity contribution in [3.8, 4) is 0 Å². The first-order chi connectivity index (χ1) is 6.77. The van der Waals surface area contributed by atoms with Crippen molar-refractivity contribution in [2.45, 2.75) is 18.9 Å². The van der Waals surface area contributed by atoms with Gasteiger partial charge in [-0.2, -0.15) is 0 Å². The van der Waals surface area contributed by atoms with Gasteiger partial charge < -0.3 is 5.11 Å². The number of thiazole rings is 1. The van der Waals surface area contributed by atoms with Crippen molar-refractivity contribution in [1.82, 2.24) is 10.3 Å². The molecule has 0 radical (unpaired) electrons. The molecule has 0 aromatic carbocycles. The monoisotopic (exact) mass is 212 g/mol. The normalized spacial score (nSPS) is 18.0. The van der Waals surface area contributed by atoms with Gasteiger partial charge in [-0.15, -0.1) is 11.3 Å². The van der Waals surface area contributed by atoms with Crippen molar-refractivity contribution in [3.05, 3.63) is 16.6 Å². The number of aliphatic carboxylic acids is 1. The third-order valence-corrected chi connectivity index (χ3v) is 3.18. The standard InChI is InChI=1S/C9H12N2O2S/c12-8(13)4-11-9(6-1-2-6)7-3-10-5-14-7/h3,5-6,9,11H,1-2,4H2,(H,12,13). The van der Waals surface area contributed by atoms with Crippen LogP contribution in [0, 0.1) is 5.92 Å². The number of carboxylic acids is 1. The van der Waals surface area contributed by atoms with E-state index in [9.17, 15) is 4.79 Å². The third-order valence-electron chi connectivity index (χ3n) is 2.32. The average Bonchev–Trinajstić information content (AvgIpc) is 2.81. The molecule has 0 aliphatic heterocycles. The summed E-state index contributed by atoms with van der Waals surface area (Å²) in [6.07, 6.45) is 4.20. The van der Waals surface area contributed by atoms with Crippen molar-refractivity contribution in [1.29, 1.82) is 0 Å². The van der Waals surface area contributed by atoms with Gasteiger partial charge in [-0.1, -0.05) is 0 Å². The lowest BCUT2D eigenvalue weighted by Crippen LogP contribution is -2.28. The van der Waals surface area contributed by atoms with Gasteiger partial charge >= 0.3 is 5.97 Å². The van der Waals surface area contributed by atoms with Crippen LogP contribution < -0.4 is 5.32 Å². The van der Waals surface area contributed by atoms with E-state index in [0.29, 0.717) is 5.92 Å². The SMILES string of the molecule is O=C(O)CNC(c1cncs1)C1CC1. The van der Waals surface area contributed by atoms with Gasteiger partial charge in [0.1, 0.15) is 0 Å². The summed E-state index contributed by atoms with van der Waals surface area (Å²) in [7, 11) is 0. The molecule has 76 valence electrons. The summed E-state index contributed by atoms with van der Waals surface area (Å²) < 4.78 is 0. The lowest BCUT2D eigenvalue weighted by molar-refractivity contribution is -0.136. The lowest BCUT2D eigenvalue weighted by atomic mass is 10.1. The van der Waals surface area contributed by atoms with Gasteiger partial charge in [-0.05, 0) is 18.8 Å². The predicted octanol–water partition coefficient (Wildman–Crippen LogP) is 1.27. The van der Waals surface area contributed by atoms with Crippen LogP contribution in [0.5, 0.6) is 0 Å². The maximum Gasteiger partial charge on any atom is 0.317 e. The predicted molar refractivity (Wildman–Crippen MR) is 53.2 cm³/mol. The quantitative estimate of drug-likeness (QED) is 0.771. The molecule has 1 aromatic rings. The summed E-state index contributed by atoms with van der Waals surface area (Å²) in [5, 5.41) is 11.6. The Bertz CT molecular complexity index is 309. The molecule has 1 heterocycles. The van der Waals surface area contributed by atoms with E-state index in [1.165, 1.54) is 12.8 Å². The fourth-order valence-corrected chi connectivity index (χ4v) is 2.29.